The van der Waals surface area contributed by atoms with Crippen molar-refractivity contribution < 1.29 is 4.39 Å². The lowest BCUT2D eigenvalue weighted by atomic mass is 10.1. The van der Waals surface area contributed by atoms with Crippen LogP contribution in [0.25, 0.3) is 10.9 Å². The van der Waals surface area contributed by atoms with Crippen molar-refractivity contribution in [3.05, 3.63) is 35.3 Å². The summed E-state index contributed by atoms with van der Waals surface area (Å²) in [7, 11) is 1.89. The second-order valence-corrected chi connectivity index (χ2v) is 3.84. The van der Waals surface area contributed by atoms with Crippen LogP contribution in [0.15, 0.2) is 18.2 Å². The summed E-state index contributed by atoms with van der Waals surface area (Å²) >= 11 is 0. The van der Waals surface area contributed by atoms with Crippen LogP contribution >= 0.6 is 0 Å². The minimum absolute atomic E-state index is 0.190. The third-order valence-corrected chi connectivity index (χ3v) is 2.95. The molecule has 0 fully saturated rings. The molecule has 0 bridgehead atoms. The van der Waals surface area contributed by atoms with Crippen LogP contribution in [0.2, 0.25) is 0 Å². The molecule has 0 saturated carbocycles. The summed E-state index contributed by atoms with van der Waals surface area (Å²) in [5.74, 6) is -0.190. The second kappa shape index (κ2) is 3.66. The first-order chi connectivity index (χ1) is 7.15. The number of aromatic nitrogens is 1. The van der Waals surface area contributed by atoms with Crippen molar-refractivity contribution in [3.8, 4) is 0 Å². The molecule has 80 valence electrons. The number of nitrogens with one attached hydrogen (secondary N) is 2. The molecule has 2 nitrogen and oxygen atoms in total. The fourth-order valence-electron chi connectivity index (χ4n) is 1.91. The number of fused-ring (bicyclic) bond motifs is 1. The van der Waals surface area contributed by atoms with E-state index in [4.69, 9.17) is 0 Å². The third-order valence-electron chi connectivity index (χ3n) is 2.95. The highest BCUT2D eigenvalue weighted by molar-refractivity contribution is 5.85. The van der Waals surface area contributed by atoms with Gasteiger partial charge in [0.1, 0.15) is 5.82 Å². The Balaban J connectivity index is 2.69. The highest BCUT2D eigenvalue weighted by Crippen LogP contribution is 2.27. The molecule has 0 spiro atoms. The van der Waals surface area contributed by atoms with Gasteiger partial charge >= 0.3 is 0 Å². The van der Waals surface area contributed by atoms with Crippen LogP contribution in [-0.2, 0) is 0 Å². The number of hydrogen-bond donors (Lipinski definition) is 2. The van der Waals surface area contributed by atoms with Gasteiger partial charge in [0.25, 0.3) is 0 Å². The van der Waals surface area contributed by atoms with Crippen molar-refractivity contribution in [2.24, 2.45) is 0 Å². The summed E-state index contributed by atoms with van der Waals surface area (Å²) < 4.78 is 13.5. The van der Waals surface area contributed by atoms with Gasteiger partial charge in [-0.15, -0.1) is 0 Å². The number of aryl methyl sites for hydroxylation is 1. The Kier molecular flexibility index (Phi) is 2.49. The zero-order valence-electron chi connectivity index (χ0n) is 9.19. The van der Waals surface area contributed by atoms with Crippen LogP contribution in [0, 0.1) is 12.7 Å². The third kappa shape index (κ3) is 1.53. The second-order valence-electron chi connectivity index (χ2n) is 3.84. The first-order valence-electron chi connectivity index (χ1n) is 5.09. The summed E-state index contributed by atoms with van der Waals surface area (Å²) in [6.07, 6.45) is 0. The fourth-order valence-corrected chi connectivity index (χ4v) is 1.91. The Morgan fingerprint density at radius 1 is 1.40 bits per heavy atom. The van der Waals surface area contributed by atoms with E-state index >= 15 is 0 Å². The average molecular weight is 206 g/mol. The predicted molar refractivity (Wildman–Crippen MR) is 60.5 cm³/mol. The molecule has 1 heterocycles. The summed E-state index contributed by atoms with van der Waals surface area (Å²) in [4.78, 5) is 3.15. The molecule has 0 aliphatic rings. The molecule has 0 saturated heterocycles. The highest BCUT2D eigenvalue weighted by Gasteiger charge is 2.13. The molecule has 15 heavy (non-hydrogen) atoms. The zero-order valence-corrected chi connectivity index (χ0v) is 9.19. The molecule has 1 atom stereocenters. The predicted octanol–water partition coefficient (Wildman–Crippen LogP) is 2.90. The van der Waals surface area contributed by atoms with Gasteiger partial charge in [-0.2, -0.15) is 0 Å². The molecule has 0 aliphatic carbocycles. The SMILES string of the molecule is CNC(C)c1[nH]c2c(F)cccc2c1C. The maximum atomic E-state index is 13.5. The van der Waals surface area contributed by atoms with Crippen LogP contribution in [-0.4, -0.2) is 12.0 Å². The lowest BCUT2D eigenvalue weighted by Crippen LogP contribution is -2.13. The maximum Gasteiger partial charge on any atom is 0.147 e. The van der Waals surface area contributed by atoms with Crippen LogP contribution in [0.1, 0.15) is 24.2 Å². The van der Waals surface area contributed by atoms with Crippen LogP contribution in [0.4, 0.5) is 4.39 Å². The van der Waals surface area contributed by atoms with Gasteiger partial charge in [-0.05, 0) is 32.5 Å². The van der Waals surface area contributed by atoms with Gasteiger partial charge in [-0.3, -0.25) is 0 Å². The number of hydrogen-bond acceptors (Lipinski definition) is 1. The van der Waals surface area contributed by atoms with E-state index in [2.05, 4.69) is 17.2 Å². The smallest absolute Gasteiger partial charge is 0.147 e. The van der Waals surface area contributed by atoms with Crippen molar-refractivity contribution in [1.29, 1.82) is 0 Å². The summed E-state index contributed by atoms with van der Waals surface area (Å²) in [6, 6.07) is 5.37. The Hall–Kier alpha value is -1.35. The van der Waals surface area contributed by atoms with E-state index < -0.39 is 0 Å². The van der Waals surface area contributed by atoms with Gasteiger partial charge in [0.15, 0.2) is 0 Å². The van der Waals surface area contributed by atoms with E-state index in [1.165, 1.54) is 6.07 Å². The number of H-pyrrole nitrogens is 1. The first kappa shape index (κ1) is 10.2. The Morgan fingerprint density at radius 3 is 2.73 bits per heavy atom. The molecule has 1 unspecified atom stereocenters. The molecular weight excluding hydrogens is 191 g/mol. The van der Waals surface area contributed by atoms with Gasteiger partial charge in [-0.1, -0.05) is 12.1 Å². The lowest BCUT2D eigenvalue weighted by Gasteiger charge is -2.08. The van der Waals surface area contributed by atoms with E-state index in [1.54, 1.807) is 6.07 Å². The van der Waals surface area contributed by atoms with Crippen molar-refractivity contribution in [3.63, 3.8) is 0 Å². The van der Waals surface area contributed by atoms with E-state index in [-0.39, 0.29) is 11.9 Å². The van der Waals surface area contributed by atoms with Crippen molar-refractivity contribution in [2.75, 3.05) is 7.05 Å². The number of halogens is 1. The molecule has 3 heteroatoms. The number of benzene rings is 1. The summed E-state index contributed by atoms with van der Waals surface area (Å²) in [5, 5.41) is 4.11. The molecule has 0 amide bonds. The van der Waals surface area contributed by atoms with Crippen molar-refractivity contribution in [1.82, 2.24) is 10.3 Å². The Labute approximate surface area is 88.5 Å². The van der Waals surface area contributed by atoms with Crippen LogP contribution in [0.3, 0.4) is 0 Å². The normalized spacial score (nSPS) is 13.3. The minimum atomic E-state index is -0.190. The van der Waals surface area contributed by atoms with Gasteiger partial charge < -0.3 is 10.3 Å². The Morgan fingerprint density at radius 2 is 2.13 bits per heavy atom. The van der Waals surface area contributed by atoms with E-state index in [9.17, 15) is 4.39 Å². The molecule has 0 radical (unpaired) electrons. The molecular formula is C12H15FN2. The highest BCUT2D eigenvalue weighted by atomic mass is 19.1. The van der Waals surface area contributed by atoms with Crippen molar-refractivity contribution in [2.45, 2.75) is 19.9 Å². The van der Waals surface area contributed by atoms with E-state index in [0.717, 1.165) is 16.6 Å². The molecule has 1 aromatic heterocycles. The van der Waals surface area contributed by atoms with Gasteiger partial charge in [0, 0.05) is 17.1 Å². The quantitative estimate of drug-likeness (QED) is 0.777. The summed E-state index contributed by atoms with van der Waals surface area (Å²) in [6.45, 7) is 4.07. The summed E-state index contributed by atoms with van der Waals surface area (Å²) in [5.41, 5.74) is 2.77. The molecule has 2 rings (SSSR count). The standard InChI is InChI=1S/C12H15FN2/c1-7-9-5-4-6-10(13)12(9)15-11(7)8(2)14-3/h4-6,8,14-15H,1-3H3. The van der Waals surface area contributed by atoms with Crippen molar-refractivity contribution >= 4 is 10.9 Å². The minimum Gasteiger partial charge on any atom is -0.354 e. The van der Waals surface area contributed by atoms with Gasteiger partial charge in [0.05, 0.1) is 5.52 Å². The largest absolute Gasteiger partial charge is 0.354 e. The number of rotatable bonds is 2. The zero-order chi connectivity index (χ0) is 11.0. The Bertz CT molecular complexity index is 488. The molecule has 1 aromatic carbocycles. The molecule has 2 N–H and O–H groups in total. The van der Waals surface area contributed by atoms with Gasteiger partial charge in [-0.25, -0.2) is 4.39 Å². The topological polar surface area (TPSA) is 27.8 Å². The van der Waals surface area contributed by atoms with Crippen LogP contribution < -0.4 is 5.32 Å². The molecule has 0 aliphatic heterocycles. The first-order valence-corrected chi connectivity index (χ1v) is 5.09. The lowest BCUT2D eigenvalue weighted by molar-refractivity contribution is 0.625. The van der Waals surface area contributed by atoms with E-state index in [1.807, 2.05) is 20.0 Å². The van der Waals surface area contributed by atoms with Gasteiger partial charge in [0.2, 0.25) is 0 Å². The molecule has 2 aromatic rings. The fraction of sp³-hybridized carbons (Fsp3) is 0.333. The monoisotopic (exact) mass is 206 g/mol. The van der Waals surface area contributed by atoms with E-state index in [0.29, 0.717) is 5.52 Å². The average Bonchev–Trinajstić information content (AvgIpc) is 2.57. The van der Waals surface area contributed by atoms with Crippen LogP contribution in [0.5, 0.6) is 0 Å². The number of aromatic amines is 1. The number of para-hydroxylation sites is 1. The maximum absolute atomic E-state index is 13.5.